The zero-order valence-corrected chi connectivity index (χ0v) is 8.63. The first-order chi connectivity index (χ1) is 5.94. The van der Waals surface area contributed by atoms with Gasteiger partial charge in [0.15, 0.2) is 0 Å². The summed E-state index contributed by atoms with van der Waals surface area (Å²) in [5, 5.41) is 3.95. The fourth-order valence-corrected chi connectivity index (χ4v) is 1.45. The Labute approximate surface area is 77.4 Å². The normalized spacial score (nSPS) is 11.6. The SMILES string of the molecule is CCn1ncc(C)c1OS(C)(=O)=O. The van der Waals surface area contributed by atoms with E-state index in [-0.39, 0.29) is 0 Å². The van der Waals surface area contributed by atoms with Gasteiger partial charge in [-0.25, -0.2) is 4.68 Å². The van der Waals surface area contributed by atoms with E-state index in [1.165, 1.54) is 4.68 Å². The van der Waals surface area contributed by atoms with Crippen molar-refractivity contribution in [3.63, 3.8) is 0 Å². The molecule has 0 fully saturated rings. The second kappa shape index (κ2) is 3.37. The average Bonchev–Trinajstić information content (AvgIpc) is 2.30. The summed E-state index contributed by atoms with van der Waals surface area (Å²) in [7, 11) is -3.46. The Morgan fingerprint density at radius 1 is 1.62 bits per heavy atom. The fraction of sp³-hybridized carbons (Fsp3) is 0.571. The molecule has 0 spiro atoms. The zero-order chi connectivity index (χ0) is 10.1. The van der Waals surface area contributed by atoms with Crippen molar-refractivity contribution in [3.8, 4) is 5.88 Å². The summed E-state index contributed by atoms with van der Waals surface area (Å²) < 4.78 is 28.0. The summed E-state index contributed by atoms with van der Waals surface area (Å²) in [6.45, 7) is 4.19. The molecule has 0 bridgehead atoms. The van der Waals surface area contributed by atoms with Crippen LogP contribution in [-0.2, 0) is 16.7 Å². The molecule has 0 saturated carbocycles. The molecule has 1 aromatic rings. The molecule has 13 heavy (non-hydrogen) atoms. The third-order valence-electron chi connectivity index (χ3n) is 1.49. The van der Waals surface area contributed by atoms with Crippen molar-refractivity contribution in [2.24, 2.45) is 0 Å². The molecular weight excluding hydrogens is 192 g/mol. The molecular formula is C7H12N2O3S. The Bertz CT molecular complexity index is 394. The molecule has 0 aliphatic heterocycles. The first-order valence-corrected chi connectivity index (χ1v) is 5.67. The van der Waals surface area contributed by atoms with Gasteiger partial charge in [-0.05, 0) is 13.8 Å². The van der Waals surface area contributed by atoms with Crippen LogP contribution in [0.4, 0.5) is 0 Å². The van der Waals surface area contributed by atoms with Gasteiger partial charge in [-0.3, -0.25) is 0 Å². The number of hydrogen-bond acceptors (Lipinski definition) is 4. The van der Waals surface area contributed by atoms with Gasteiger partial charge in [0.05, 0.1) is 12.5 Å². The van der Waals surface area contributed by atoms with Crippen molar-refractivity contribution in [1.82, 2.24) is 9.78 Å². The predicted molar refractivity (Wildman–Crippen MR) is 48.1 cm³/mol. The van der Waals surface area contributed by atoms with E-state index in [1.807, 2.05) is 6.92 Å². The number of nitrogens with zero attached hydrogens (tertiary/aromatic N) is 2. The number of rotatable bonds is 3. The van der Waals surface area contributed by atoms with Crippen LogP contribution in [0.2, 0.25) is 0 Å². The molecule has 0 aliphatic carbocycles. The lowest BCUT2D eigenvalue weighted by Gasteiger charge is -2.05. The molecule has 5 nitrogen and oxygen atoms in total. The topological polar surface area (TPSA) is 61.2 Å². The Balaban J connectivity index is 3.05. The summed E-state index contributed by atoms with van der Waals surface area (Å²) >= 11 is 0. The van der Waals surface area contributed by atoms with E-state index in [9.17, 15) is 8.42 Å². The second-order valence-corrected chi connectivity index (χ2v) is 4.31. The van der Waals surface area contributed by atoms with Crippen molar-refractivity contribution in [2.45, 2.75) is 20.4 Å². The smallest absolute Gasteiger partial charge is 0.307 e. The lowest BCUT2D eigenvalue weighted by molar-refractivity contribution is 0.447. The average molecular weight is 204 g/mol. The Morgan fingerprint density at radius 2 is 2.23 bits per heavy atom. The summed E-state index contributed by atoms with van der Waals surface area (Å²) in [5.41, 5.74) is 0.715. The summed E-state index contributed by atoms with van der Waals surface area (Å²) in [6.07, 6.45) is 2.59. The second-order valence-electron chi connectivity index (χ2n) is 2.74. The molecule has 0 atom stereocenters. The summed E-state index contributed by atoms with van der Waals surface area (Å²) in [4.78, 5) is 0. The van der Waals surface area contributed by atoms with Crippen LogP contribution in [0.5, 0.6) is 5.88 Å². The Kier molecular flexibility index (Phi) is 2.60. The predicted octanol–water partition coefficient (Wildman–Crippen LogP) is 0.550. The fourth-order valence-electron chi connectivity index (χ4n) is 0.945. The molecule has 1 rings (SSSR count). The third kappa shape index (κ3) is 2.45. The van der Waals surface area contributed by atoms with Crippen molar-refractivity contribution in [3.05, 3.63) is 11.8 Å². The zero-order valence-electron chi connectivity index (χ0n) is 7.81. The highest BCUT2D eigenvalue weighted by atomic mass is 32.2. The maximum Gasteiger partial charge on any atom is 0.307 e. The molecule has 0 radical (unpaired) electrons. The van der Waals surface area contributed by atoms with Crippen LogP contribution in [0.15, 0.2) is 6.20 Å². The minimum absolute atomic E-state index is 0.296. The molecule has 0 unspecified atom stereocenters. The number of hydrogen-bond donors (Lipinski definition) is 0. The van der Waals surface area contributed by atoms with E-state index >= 15 is 0 Å². The Morgan fingerprint density at radius 3 is 2.69 bits per heavy atom. The van der Waals surface area contributed by atoms with E-state index < -0.39 is 10.1 Å². The minimum atomic E-state index is -3.46. The minimum Gasteiger partial charge on any atom is -0.362 e. The van der Waals surface area contributed by atoms with Crippen molar-refractivity contribution in [2.75, 3.05) is 6.26 Å². The van der Waals surface area contributed by atoms with Crippen molar-refractivity contribution < 1.29 is 12.6 Å². The van der Waals surface area contributed by atoms with Crippen molar-refractivity contribution >= 4 is 10.1 Å². The largest absolute Gasteiger partial charge is 0.362 e. The highest BCUT2D eigenvalue weighted by molar-refractivity contribution is 7.86. The lowest BCUT2D eigenvalue weighted by Crippen LogP contribution is -2.10. The van der Waals surface area contributed by atoms with Crippen LogP contribution in [0.1, 0.15) is 12.5 Å². The molecule has 0 N–H and O–H groups in total. The molecule has 0 aromatic carbocycles. The molecule has 74 valence electrons. The third-order valence-corrected chi connectivity index (χ3v) is 1.95. The highest BCUT2D eigenvalue weighted by Gasteiger charge is 2.12. The molecule has 6 heteroatoms. The maximum atomic E-state index is 10.9. The van der Waals surface area contributed by atoms with Gasteiger partial charge in [0.25, 0.3) is 0 Å². The van der Waals surface area contributed by atoms with Crippen LogP contribution in [0.25, 0.3) is 0 Å². The monoisotopic (exact) mass is 204 g/mol. The van der Waals surface area contributed by atoms with Crippen LogP contribution in [-0.4, -0.2) is 24.5 Å². The first-order valence-electron chi connectivity index (χ1n) is 3.86. The molecule has 0 saturated heterocycles. The Hall–Kier alpha value is -1.04. The van der Waals surface area contributed by atoms with E-state index in [0.717, 1.165) is 6.26 Å². The lowest BCUT2D eigenvalue weighted by atomic mass is 10.4. The molecule has 1 aromatic heterocycles. The quantitative estimate of drug-likeness (QED) is 0.674. The van der Waals surface area contributed by atoms with Crippen LogP contribution >= 0.6 is 0 Å². The van der Waals surface area contributed by atoms with Gasteiger partial charge in [-0.2, -0.15) is 13.5 Å². The van der Waals surface area contributed by atoms with Crippen LogP contribution in [0, 0.1) is 6.92 Å². The van der Waals surface area contributed by atoms with Crippen LogP contribution in [0.3, 0.4) is 0 Å². The van der Waals surface area contributed by atoms with E-state index in [1.54, 1.807) is 13.1 Å². The standard InChI is InChI=1S/C7H12N2O3S/c1-4-9-7(6(2)5-8-9)12-13(3,10)11/h5H,4H2,1-3H3. The van der Waals surface area contributed by atoms with Crippen LogP contribution < -0.4 is 4.18 Å². The van der Waals surface area contributed by atoms with E-state index in [4.69, 9.17) is 4.18 Å². The van der Waals surface area contributed by atoms with Gasteiger partial charge in [-0.1, -0.05) is 0 Å². The van der Waals surface area contributed by atoms with Gasteiger partial charge in [0, 0.05) is 12.1 Å². The van der Waals surface area contributed by atoms with Gasteiger partial charge in [-0.15, -0.1) is 0 Å². The van der Waals surface area contributed by atoms with Gasteiger partial charge >= 0.3 is 10.1 Å². The summed E-state index contributed by atoms with van der Waals surface area (Å²) in [6, 6.07) is 0. The molecule has 1 heterocycles. The highest BCUT2D eigenvalue weighted by Crippen LogP contribution is 2.17. The van der Waals surface area contributed by atoms with Gasteiger partial charge < -0.3 is 4.18 Å². The number of aryl methyl sites for hydroxylation is 2. The number of aromatic nitrogens is 2. The van der Waals surface area contributed by atoms with E-state index in [2.05, 4.69) is 5.10 Å². The summed E-state index contributed by atoms with van der Waals surface area (Å²) in [5.74, 6) is 0.296. The van der Waals surface area contributed by atoms with Gasteiger partial charge in [0.1, 0.15) is 0 Å². The molecule has 0 amide bonds. The van der Waals surface area contributed by atoms with Gasteiger partial charge in [0.2, 0.25) is 5.88 Å². The maximum absolute atomic E-state index is 10.9. The first kappa shape index (κ1) is 10.0. The molecule has 0 aliphatic rings. The van der Waals surface area contributed by atoms with Crippen molar-refractivity contribution in [1.29, 1.82) is 0 Å². The van der Waals surface area contributed by atoms with E-state index in [0.29, 0.717) is 18.0 Å².